The molecule has 0 spiro atoms. The zero-order valence-corrected chi connectivity index (χ0v) is 27.7. The number of rotatable bonds is 13. The molecule has 4 aromatic rings. The molecule has 254 valence electrons. The van der Waals surface area contributed by atoms with Gasteiger partial charge in [-0.2, -0.15) is 18.2 Å². The van der Waals surface area contributed by atoms with Gasteiger partial charge in [0.05, 0.1) is 13.0 Å². The number of aromatic nitrogens is 2. The van der Waals surface area contributed by atoms with Crippen molar-refractivity contribution >= 4 is 17.7 Å². The van der Waals surface area contributed by atoms with Gasteiger partial charge in [-0.3, -0.25) is 9.59 Å². The first-order valence-corrected chi connectivity index (χ1v) is 16.5. The highest BCUT2D eigenvalue weighted by Gasteiger charge is 2.30. The maximum Gasteiger partial charge on any atom is 0.416 e. The fraction of sp³-hybridized carbons (Fsp3) is 0.378. The molecule has 0 N–H and O–H groups in total. The molecular formula is C37H40F4N4O2S. The molecule has 0 saturated heterocycles. The van der Waals surface area contributed by atoms with Gasteiger partial charge in [-0.15, -0.1) is 0 Å². The van der Waals surface area contributed by atoms with Crippen molar-refractivity contribution in [2.24, 2.45) is 0 Å². The van der Waals surface area contributed by atoms with Crippen LogP contribution in [0.25, 0.3) is 11.1 Å². The Kier molecular flexibility index (Phi) is 9.37. The van der Waals surface area contributed by atoms with Gasteiger partial charge in [-0.25, -0.2) is 4.39 Å². The van der Waals surface area contributed by atoms with Crippen LogP contribution < -0.4 is 5.56 Å². The molecule has 1 aromatic heterocycles. The Bertz CT molecular complexity index is 1970. The number of nitrogens with zero attached hydrogens (tertiary/aromatic N) is 4. The monoisotopic (exact) mass is 685 g/mol. The summed E-state index contributed by atoms with van der Waals surface area (Å²) in [4.78, 5) is 34.1. The van der Waals surface area contributed by atoms with Crippen LogP contribution in [0.4, 0.5) is 17.6 Å². The molecular weight excluding hydrogens is 640 g/mol. The molecule has 0 aliphatic heterocycles. The lowest BCUT2D eigenvalue weighted by Crippen LogP contribution is -2.42. The molecule has 0 fully saturated rings. The second-order valence-electron chi connectivity index (χ2n) is 11.4. The second kappa shape index (κ2) is 15.5. The van der Waals surface area contributed by atoms with Gasteiger partial charge in [0.2, 0.25) is 5.91 Å². The maximum absolute atomic E-state index is 14.5. The molecule has 1 aliphatic rings. The fourth-order valence-electron chi connectivity index (χ4n) is 5.73. The van der Waals surface area contributed by atoms with Crippen LogP contribution in [-0.4, -0.2) is 51.3 Å². The number of hydrogen-bond acceptors (Lipinski definition) is 5. The fourth-order valence-corrected chi connectivity index (χ4v) is 6.70. The van der Waals surface area contributed by atoms with Crippen LogP contribution in [0.5, 0.6) is 0 Å². The summed E-state index contributed by atoms with van der Waals surface area (Å²) in [5, 5.41) is 0.275. The average Bonchev–Trinajstić information content (AvgIpc) is 3.57. The summed E-state index contributed by atoms with van der Waals surface area (Å²) >= 11 is 1.21. The number of fused-ring (bicyclic) bond motifs is 1. The number of halogens is 4. The van der Waals surface area contributed by atoms with Crippen molar-refractivity contribution in [1.29, 1.82) is 0 Å². The number of amides is 1. The molecule has 1 atom stereocenters. The third kappa shape index (κ3) is 8.36. The molecule has 1 aliphatic carbocycles. The Morgan fingerprint density at radius 2 is 1.60 bits per heavy atom. The Labute approximate surface area is 289 Å². The largest absolute Gasteiger partial charge is 0.416 e. The standard InChI is InChI=1S/C37H40F4N4O2S/c1-4-43(5-2)21-22-44(25(3)27-11-13-28(14-12-27)29-15-17-30(18-16-29)37(39,40)41)34(46)23-45-33-8-6-7-32(33)35(47)42-36(45)48-24-26-9-19-31(38)20-10-26/h9-20,25H,4-8,21-24H2,1-3H3/i4D2,5D2,25D. The van der Waals surface area contributed by atoms with Gasteiger partial charge in [0.1, 0.15) is 12.4 Å². The van der Waals surface area contributed by atoms with Crippen LogP contribution in [0, 0.1) is 5.82 Å². The molecule has 11 heteroatoms. The zero-order valence-electron chi connectivity index (χ0n) is 31.9. The van der Waals surface area contributed by atoms with Crippen molar-refractivity contribution in [3.8, 4) is 11.1 Å². The number of benzene rings is 3. The smallest absolute Gasteiger partial charge is 0.333 e. The summed E-state index contributed by atoms with van der Waals surface area (Å²) in [6.07, 6.45) is -2.78. The van der Waals surface area contributed by atoms with Crippen LogP contribution in [0.3, 0.4) is 0 Å². The lowest BCUT2D eigenvalue weighted by atomic mass is 9.99. The van der Waals surface area contributed by atoms with Gasteiger partial charge in [0, 0.05) is 35.6 Å². The summed E-state index contributed by atoms with van der Waals surface area (Å²) in [5.74, 6) is -0.627. The second-order valence-corrected chi connectivity index (χ2v) is 12.3. The molecule has 1 amide bonds. The van der Waals surface area contributed by atoms with Gasteiger partial charge in [0.25, 0.3) is 5.56 Å². The number of likely N-dealkylation sites (N-methyl/N-ethyl adjacent to an activating group) is 1. The van der Waals surface area contributed by atoms with Crippen LogP contribution in [0.2, 0.25) is 0 Å². The highest BCUT2D eigenvalue weighted by atomic mass is 32.2. The van der Waals surface area contributed by atoms with Crippen LogP contribution in [-0.2, 0) is 36.1 Å². The van der Waals surface area contributed by atoms with E-state index in [0.717, 1.165) is 22.6 Å². The first-order valence-electron chi connectivity index (χ1n) is 18.0. The SMILES string of the molecule is [2H]C([2H])(C)N(CCN(C(=O)Cn1c(SCc2ccc(F)cc2)nc(=O)c2c1CCC2)C([2H])(C)c1ccc(-c2ccc(C(F)(F)F)cc2)cc1)C([2H])([2H])C. The van der Waals surface area contributed by atoms with E-state index >= 15 is 0 Å². The van der Waals surface area contributed by atoms with E-state index in [0.29, 0.717) is 53.0 Å². The third-order valence-electron chi connectivity index (χ3n) is 8.42. The van der Waals surface area contributed by atoms with E-state index in [1.807, 2.05) is 0 Å². The number of carbonyl (C=O) groups excluding carboxylic acids is 1. The minimum atomic E-state index is -4.48. The van der Waals surface area contributed by atoms with E-state index in [1.54, 1.807) is 41.0 Å². The van der Waals surface area contributed by atoms with E-state index in [4.69, 9.17) is 5.48 Å². The van der Waals surface area contributed by atoms with E-state index in [2.05, 4.69) is 4.98 Å². The van der Waals surface area contributed by atoms with Gasteiger partial charge >= 0.3 is 6.18 Å². The molecule has 0 bridgehead atoms. The number of thioether (sulfide) groups is 1. The van der Waals surface area contributed by atoms with Crippen molar-refractivity contribution in [3.05, 3.63) is 117 Å². The first kappa shape index (κ1) is 29.0. The predicted molar refractivity (Wildman–Crippen MR) is 181 cm³/mol. The van der Waals surface area contributed by atoms with E-state index in [1.165, 1.54) is 61.7 Å². The molecule has 6 nitrogen and oxygen atoms in total. The number of alkyl halides is 3. The molecule has 0 radical (unpaired) electrons. The summed E-state index contributed by atoms with van der Waals surface area (Å²) in [6, 6.07) is 15.2. The van der Waals surface area contributed by atoms with Crippen LogP contribution >= 0.6 is 11.8 Å². The number of hydrogen-bond donors (Lipinski definition) is 0. The van der Waals surface area contributed by atoms with Gasteiger partial charge in [0.15, 0.2) is 5.16 Å². The minimum absolute atomic E-state index is 0.256. The Morgan fingerprint density at radius 1 is 0.979 bits per heavy atom. The summed E-state index contributed by atoms with van der Waals surface area (Å²) < 4.78 is 97.3. The van der Waals surface area contributed by atoms with E-state index in [9.17, 15) is 28.5 Å². The van der Waals surface area contributed by atoms with E-state index in [-0.39, 0.29) is 30.3 Å². The van der Waals surface area contributed by atoms with Gasteiger partial charge in [-0.05, 0) is 85.7 Å². The Balaban J connectivity index is 1.50. The van der Waals surface area contributed by atoms with Crippen LogP contribution in [0.15, 0.2) is 82.7 Å². The highest BCUT2D eigenvalue weighted by Crippen LogP contribution is 2.32. The summed E-state index contributed by atoms with van der Waals surface area (Å²) in [7, 11) is 0. The predicted octanol–water partition coefficient (Wildman–Crippen LogP) is 7.78. The highest BCUT2D eigenvalue weighted by molar-refractivity contribution is 7.98. The quantitative estimate of drug-likeness (QED) is 0.0818. The third-order valence-corrected chi connectivity index (χ3v) is 9.46. The molecule has 5 rings (SSSR count). The minimum Gasteiger partial charge on any atom is -0.333 e. The zero-order chi connectivity index (χ0) is 38.9. The molecule has 1 heterocycles. The maximum atomic E-state index is 14.5. The Hall–Kier alpha value is -3.96. The molecule has 48 heavy (non-hydrogen) atoms. The lowest BCUT2D eigenvalue weighted by Gasteiger charge is -2.33. The molecule has 1 unspecified atom stereocenters. The molecule has 0 saturated carbocycles. The van der Waals surface area contributed by atoms with Crippen LogP contribution in [0.1, 0.15) is 68.0 Å². The first-order chi connectivity index (χ1) is 24.7. The van der Waals surface area contributed by atoms with Crippen molar-refractivity contribution in [3.63, 3.8) is 0 Å². The summed E-state index contributed by atoms with van der Waals surface area (Å²) in [6.45, 7) is -1.19. The molecule has 3 aromatic carbocycles. The van der Waals surface area contributed by atoms with E-state index < -0.39 is 42.5 Å². The van der Waals surface area contributed by atoms with Crippen molar-refractivity contribution in [2.75, 3.05) is 26.1 Å². The van der Waals surface area contributed by atoms with Gasteiger partial charge in [-0.1, -0.05) is 74.1 Å². The topological polar surface area (TPSA) is 58.4 Å². The van der Waals surface area contributed by atoms with Crippen molar-refractivity contribution < 1.29 is 29.2 Å². The Morgan fingerprint density at radius 3 is 2.21 bits per heavy atom. The van der Waals surface area contributed by atoms with Crippen molar-refractivity contribution in [1.82, 2.24) is 19.4 Å². The average molecular weight is 686 g/mol. The van der Waals surface area contributed by atoms with Crippen molar-refractivity contribution in [2.45, 2.75) is 69.7 Å². The normalized spacial score (nSPS) is 16.3. The lowest BCUT2D eigenvalue weighted by molar-refractivity contribution is -0.137. The number of carbonyl (C=O) groups is 1. The van der Waals surface area contributed by atoms with Gasteiger partial charge < -0.3 is 14.4 Å². The summed E-state index contributed by atoms with van der Waals surface area (Å²) in [5.41, 5.74) is 2.21.